The Morgan fingerprint density at radius 2 is 1.63 bits per heavy atom. The number of hydrogen-bond acceptors (Lipinski definition) is 3. The highest BCUT2D eigenvalue weighted by atomic mass is 35.5. The van der Waals surface area contributed by atoms with Crippen LogP contribution in [0.25, 0.3) is 0 Å². The maximum Gasteiger partial charge on any atom is 0.119 e. The van der Waals surface area contributed by atoms with E-state index in [-0.39, 0.29) is 18.3 Å². The van der Waals surface area contributed by atoms with Crippen molar-refractivity contribution in [3.05, 3.63) is 65.7 Å². The normalized spacial score (nSPS) is 17.7. The van der Waals surface area contributed by atoms with Crippen molar-refractivity contribution in [2.75, 3.05) is 26.2 Å². The number of ether oxygens (including phenoxy) is 1. The summed E-state index contributed by atoms with van der Waals surface area (Å²) >= 11 is 0. The van der Waals surface area contributed by atoms with Crippen LogP contribution in [0.15, 0.2) is 54.6 Å². The standard InChI is InChI=1S/C23H31NO2.ClH/c1-3-23(25,20-12-14-21(15-13-20)26-4-2)22(18-24-16-8-9-17-24)19-10-6-5-7-11-19;/h5-7,10-15,22,25H,3-4,8-9,16-18H2,1-2H3;1H. The molecular formula is C23H32ClNO2. The first kappa shape index (κ1) is 21.7. The summed E-state index contributed by atoms with van der Waals surface area (Å²) in [5.41, 5.74) is 1.28. The van der Waals surface area contributed by atoms with Gasteiger partial charge < -0.3 is 14.7 Å². The van der Waals surface area contributed by atoms with Crippen LogP contribution in [0.2, 0.25) is 0 Å². The van der Waals surface area contributed by atoms with Crippen molar-refractivity contribution < 1.29 is 9.84 Å². The number of rotatable bonds is 8. The van der Waals surface area contributed by atoms with E-state index in [1.54, 1.807) is 0 Å². The molecule has 0 aliphatic carbocycles. The Morgan fingerprint density at radius 3 is 2.19 bits per heavy atom. The fourth-order valence-electron chi connectivity index (χ4n) is 4.10. The summed E-state index contributed by atoms with van der Waals surface area (Å²) in [6.07, 6.45) is 3.19. The third kappa shape index (κ3) is 5.04. The predicted molar refractivity (Wildman–Crippen MR) is 114 cm³/mol. The van der Waals surface area contributed by atoms with Crippen molar-refractivity contribution in [2.24, 2.45) is 0 Å². The summed E-state index contributed by atoms with van der Waals surface area (Å²) in [7, 11) is 0. The molecule has 2 aromatic carbocycles. The Balaban J connectivity index is 0.00000261. The molecule has 3 nitrogen and oxygen atoms in total. The monoisotopic (exact) mass is 389 g/mol. The van der Waals surface area contributed by atoms with Gasteiger partial charge in [0, 0.05) is 12.5 Å². The first-order chi connectivity index (χ1) is 12.7. The van der Waals surface area contributed by atoms with Gasteiger partial charge in [0.25, 0.3) is 0 Å². The number of halogens is 1. The van der Waals surface area contributed by atoms with Crippen molar-refractivity contribution in [3.8, 4) is 5.75 Å². The van der Waals surface area contributed by atoms with E-state index >= 15 is 0 Å². The van der Waals surface area contributed by atoms with Gasteiger partial charge in [-0.25, -0.2) is 0 Å². The molecule has 3 rings (SSSR count). The lowest BCUT2D eigenvalue weighted by Gasteiger charge is -2.38. The molecule has 1 heterocycles. The molecular weight excluding hydrogens is 358 g/mol. The van der Waals surface area contributed by atoms with Crippen molar-refractivity contribution in [2.45, 2.75) is 44.6 Å². The zero-order valence-corrected chi connectivity index (χ0v) is 17.3. The minimum atomic E-state index is -0.894. The predicted octanol–water partition coefficient (Wildman–Crippen LogP) is 4.98. The van der Waals surface area contributed by atoms with Crippen LogP contribution in [0.1, 0.15) is 50.2 Å². The Morgan fingerprint density at radius 1 is 1.00 bits per heavy atom. The van der Waals surface area contributed by atoms with Gasteiger partial charge in [-0.3, -0.25) is 0 Å². The van der Waals surface area contributed by atoms with Crippen LogP contribution in [0.3, 0.4) is 0 Å². The molecule has 2 unspecified atom stereocenters. The molecule has 2 aromatic rings. The van der Waals surface area contributed by atoms with Crippen LogP contribution >= 0.6 is 12.4 Å². The quantitative estimate of drug-likeness (QED) is 0.690. The van der Waals surface area contributed by atoms with Crippen molar-refractivity contribution >= 4 is 12.4 Å². The van der Waals surface area contributed by atoms with Crippen LogP contribution < -0.4 is 4.74 Å². The SMILES string of the molecule is CCOc1ccc(C(O)(CC)C(CN2CCCC2)c2ccccc2)cc1.Cl. The molecule has 1 aliphatic heterocycles. The van der Waals surface area contributed by atoms with Crippen LogP contribution in [0.4, 0.5) is 0 Å². The Bertz CT molecular complexity index is 671. The lowest BCUT2D eigenvalue weighted by Crippen LogP contribution is -2.40. The van der Waals surface area contributed by atoms with Gasteiger partial charge in [0.2, 0.25) is 0 Å². The van der Waals surface area contributed by atoms with Gasteiger partial charge in [0.1, 0.15) is 5.75 Å². The number of benzene rings is 2. The summed E-state index contributed by atoms with van der Waals surface area (Å²) in [5.74, 6) is 0.898. The zero-order valence-electron chi connectivity index (χ0n) is 16.4. The molecule has 0 amide bonds. The van der Waals surface area contributed by atoms with Gasteiger partial charge >= 0.3 is 0 Å². The summed E-state index contributed by atoms with van der Waals surface area (Å²) in [6.45, 7) is 7.87. The van der Waals surface area contributed by atoms with Crippen LogP contribution in [0.5, 0.6) is 5.75 Å². The second kappa shape index (κ2) is 10.1. The summed E-state index contributed by atoms with van der Waals surface area (Å²) in [5, 5.41) is 11.8. The molecule has 0 spiro atoms. The van der Waals surface area contributed by atoms with Crippen LogP contribution in [-0.4, -0.2) is 36.2 Å². The molecule has 0 saturated carbocycles. The molecule has 148 valence electrons. The van der Waals surface area contributed by atoms with Gasteiger partial charge in [-0.2, -0.15) is 0 Å². The average molecular weight is 390 g/mol. The fourth-order valence-corrected chi connectivity index (χ4v) is 4.10. The number of nitrogens with zero attached hydrogens (tertiary/aromatic N) is 1. The molecule has 4 heteroatoms. The van der Waals surface area contributed by atoms with E-state index in [0.29, 0.717) is 13.0 Å². The van der Waals surface area contributed by atoms with E-state index in [1.807, 2.05) is 37.3 Å². The van der Waals surface area contributed by atoms with Gasteiger partial charge in [0.15, 0.2) is 0 Å². The van der Waals surface area contributed by atoms with Gasteiger partial charge in [0.05, 0.1) is 12.2 Å². The number of aliphatic hydroxyl groups is 1. The highest BCUT2D eigenvalue weighted by Gasteiger charge is 2.39. The van der Waals surface area contributed by atoms with Crippen molar-refractivity contribution in [1.29, 1.82) is 0 Å². The summed E-state index contributed by atoms with van der Waals surface area (Å²) < 4.78 is 5.57. The molecule has 0 bridgehead atoms. The molecule has 1 fully saturated rings. The molecule has 0 aromatic heterocycles. The maximum absolute atomic E-state index is 11.8. The second-order valence-electron chi connectivity index (χ2n) is 7.21. The van der Waals surface area contributed by atoms with Crippen molar-refractivity contribution in [3.63, 3.8) is 0 Å². The van der Waals surface area contributed by atoms with Crippen molar-refractivity contribution in [1.82, 2.24) is 4.90 Å². The smallest absolute Gasteiger partial charge is 0.119 e. The second-order valence-corrected chi connectivity index (χ2v) is 7.21. The van der Waals surface area contributed by atoms with Crippen LogP contribution in [0, 0.1) is 0 Å². The minimum absolute atomic E-state index is 0. The number of hydrogen-bond donors (Lipinski definition) is 1. The largest absolute Gasteiger partial charge is 0.494 e. The molecule has 0 radical (unpaired) electrons. The molecule has 27 heavy (non-hydrogen) atoms. The fraction of sp³-hybridized carbons (Fsp3) is 0.478. The Kier molecular flexibility index (Phi) is 8.15. The van der Waals surface area contributed by atoms with E-state index in [4.69, 9.17) is 4.74 Å². The molecule has 1 aliphatic rings. The average Bonchev–Trinajstić information content (AvgIpc) is 3.20. The first-order valence-electron chi connectivity index (χ1n) is 9.90. The van der Waals surface area contributed by atoms with E-state index in [0.717, 1.165) is 30.9 Å². The van der Waals surface area contributed by atoms with E-state index in [2.05, 4.69) is 36.1 Å². The third-order valence-corrected chi connectivity index (χ3v) is 5.62. The highest BCUT2D eigenvalue weighted by Crippen LogP contribution is 2.41. The summed E-state index contributed by atoms with van der Waals surface area (Å²) in [4.78, 5) is 2.49. The number of likely N-dealkylation sites (tertiary alicyclic amines) is 1. The topological polar surface area (TPSA) is 32.7 Å². The lowest BCUT2D eigenvalue weighted by molar-refractivity contribution is -0.00677. The highest BCUT2D eigenvalue weighted by molar-refractivity contribution is 5.85. The van der Waals surface area contributed by atoms with E-state index in [1.165, 1.54) is 18.4 Å². The van der Waals surface area contributed by atoms with Gasteiger partial charge in [-0.1, -0.05) is 49.4 Å². The van der Waals surface area contributed by atoms with Gasteiger partial charge in [-0.15, -0.1) is 12.4 Å². The zero-order chi connectivity index (χ0) is 18.4. The molecule has 1 N–H and O–H groups in total. The van der Waals surface area contributed by atoms with E-state index < -0.39 is 5.60 Å². The minimum Gasteiger partial charge on any atom is -0.494 e. The Labute approximate surface area is 169 Å². The van der Waals surface area contributed by atoms with E-state index in [9.17, 15) is 5.11 Å². The Hall–Kier alpha value is -1.55. The van der Waals surface area contributed by atoms with Gasteiger partial charge in [-0.05, 0) is 62.5 Å². The third-order valence-electron chi connectivity index (χ3n) is 5.62. The lowest BCUT2D eigenvalue weighted by atomic mass is 9.75. The molecule has 1 saturated heterocycles. The first-order valence-corrected chi connectivity index (χ1v) is 9.90. The maximum atomic E-state index is 11.8. The summed E-state index contributed by atoms with van der Waals surface area (Å²) in [6, 6.07) is 18.5. The molecule has 2 atom stereocenters. The van der Waals surface area contributed by atoms with Crippen LogP contribution in [-0.2, 0) is 5.60 Å².